The van der Waals surface area contributed by atoms with E-state index in [9.17, 15) is 4.79 Å². The Labute approximate surface area is 152 Å². The van der Waals surface area contributed by atoms with Gasteiger partial charge in [-0.15, -0.1) is 0 Å². The normalized spacial score (nSPS) is 18.7. The Morgan fingerprint density at radius 2 is 1.69 bits per heavy atom. The number of nitriles is 2. The number of amides is 1. The molecule has 1 fully saturated rings. The van der Waals surface area contributed by atoms with Gasteiger partial charge in [0.2, 0.25) is 5.91 Å². The minimum Gasteiger partial charge on any atom is -0.372 e. The predicted octanol–water partition coefficient (Wildman–Crippen LogP) is 2.32. The topological polar surface area (TPSA) is 97.9 Å². The summed E-state index contributed by atoms with van der Waals surface area (Å²) in [5.74, 6) is -0.112. The molecule has 1 aliphatic heterocycles. The van der Waals surface area contributed by atoms with Gasteiger partial charge >= 0.3 is 0 Å². The lowest BCUT2D eigenvalue weighted by Gasteiger charge is -2.12. The van der Waals surface area contributed by atoms with E-state index >= 15 is 0 Å². The summed E-state index contributed by atoms with van der Waals surface area (Å²) in [7, 11) is 0. The average Bonchev–Trinajstić information content (AvgIpc) is 3.16. The van der Waals surface area contributed by atoms with Gasteiger partial charge in [0.15, 0.2) is 0 Å². The van der Waals surface area contributed by atoms with Gasteiger partial charge < -0.3 is 15.4 Å². The zero-order chi connectivity index (χ0) is 18.4. The highest BCUT2D eigenvalue weighted by Gasteiger charge is 2.30. The number of ether oxygens (including phenoxy) is 1. The molecule has 3 rings (SSSR count). The Morgan fingerprint density at radius 1 is 1.08 bits per heavy atom. The van der Waals surface area contributed by atoms with Crippen molar-refractivity contribution in [2.45, 2.75) is 25.2 Å². The molecule has 0 bridgehead atoms. The number of benzene rings is 2. The van der Waals surface area contributed by atoms with Crippen molar-refractivity contribution in [1.29, 1.82) is 10.5 Å². The van der Waals surface area contributed by atoms with Crippen molar-refractivity contribution in [3.05, 3.63) is 65.2 Å². The second kappa shape index (κ2) is 8.26. The van der Waals surface area contributed by atoms with Gasteiger partial charge in [-0.25, -0.2) is 0 Å². The zero-order valence-corrected chi connectivity index (χ0v) is 14.1. The average molecular weight is 346 g/mol. The van der Waals surface area contributed by atoms with Crippen molar-refractivity contribution in [2.24, 2.45) is 0 Å². The van der Waals surface area contributed by atoms with Gasteiger partial charge in [-0.05, 0) is 48.4 Å². The summed E-state index contributed by atoms with van der Waals surface area (Å²) < 4.78 is 5.86. The predicted molar refractivity (Wildman–Crippen MR) is 95.9 cm³/mol. The van der Waals surface area contributed by atoms with Crippen LogP contribution in [-0.4, -0.2) is 24.6 Å². The van der Waals surface area contributed by atoms with Crippen LogP contribution in [-0.2, 0) is 16.1 Å². The van der Waals surface area contributed by atoms with Crippen LogP contribution < -0.4 is 10.6 Å². The van der Waals surface area contributed by atoms with Gasteiger partial charge in [-0.2, -0.15) is 10.5 Å². The summed E-state index contributed by atoms with van der Waals surface area (Å²) in [6, 6.07) is 17.9. The zero-order valence-electron chi connectivity index (χ0n) is 14.1. The van der Waals surface area contributed by atoms with E-state index in [2.05, 4.69) is 16.7 Å². The van der Waals surface area contributed by atoms with Crippen molar-refractivity contribution in [3.8, 4) is 12.1 Å². The second-order valence-electron chi connectivity index (χ2n) is 6.12. The summed E-state index contributed by atoms with van der Waals surface area (Å²) in [6.45, 7) is 1.06. The Bertz CT molecular complexity index is 847. The highest BCUT2D eigenvalue weighted by Crippen LogP contribution is 2.16. The summed E-state index contributed by atoms with van der Waals surface area (Å²) in [5.41, 5.74) is 2.83. The number of anilines is 1. The first-order chi connectivity index (χ1) is 12.7. The minimum atomic E-state index is -0.309. The lowest BCUT2D eigenvalue weighted by Crippen LogP contribution is -2.35. The minimum absolute atomic E-state index is 0.0395. The Balaban J connectivity index is 1.47. The molecule has 26 heavy (non-hydrogen) atoms. The van der Waals surface area contributed by atoms with Gasteiger partial charge in [0.25, 0.3) is 0 Å². The molecule has 0 spiro atoms. The van der Waals surface area contributed by atoms with Crippen LogP contribution in [0.3, 0.4) is 0 Å². The van der Waals surface area contributed by atoms with Crippen molar-refractivity contribution in [2.75, 3.05) is 11.9 Å². The standard InChI is InChI=1S/C20H18N4O2/c21-10-14-1-3-16(4-2-14)13-26-18-9-19(23-12-18)20(25)24-17-7-5-15(11-22)6-8-17/h1-8,18-19,23H,9,12-13H2,(H,24,25)/t18-,19-/m0/s1. The molecule has 0 radical (unpaired) electrons. The molecule has 6 nitrogen and oxygen atoms in total. The SMILES string of the molecule is N#Cc1ccc(CO[C@@H]2CN[C@H](C(=O)Nc3ccc(C#N)cc3)C2)cc1. The maximum Gasteiger partial charge on any atom is 0.241 e. The first kappa shape index (κ1) is 17.6. The number of rotatable bonds is 5. The molecule has 2 N–H and O–H groups in total. The number of hydrogen-bond acceptors (Lipinski definition) is 5. The van der Waals surface area contributed by atoms with Crippen LogP contribution in [0.5, 0.6) is 0 Å². The van der Waals surface area contributed by atoms with Crippen LogP contribution in [0.15, 0.2) is 48.5 Å². The smallest absolute Gasteiger partial charge is 0.241 e. The number of carbonyl (C=O) groups excluding carboxylic acids is 1. The monoisotopic (exact) mass is 346 g/mol. The Kier molecular flexibility index (Phi) is 5.60. The molecule has 2 atom stereocenters. The van der Waals surface area contributed by atoms with Crippen LogP contribution in [0.25, 0.3) is 0 Å². The molecule has 0 saturated carbocycles. The number of carbonyl (C=O) groups is 1. The van der Waals surface area contributed by atoms with E-state index in [1.807, 2.05) is 18.2 Å². The van der Waals surface area contributed by atoms with Gasteiger partial charge in [-0.1, -0.05) is 12.1 Å². The second-order valence-corrected chi connectivity index (χ2v) is 6.12. The third-order valence-corrected chi connectivity index (χ3v) is 4.26. The van der Waals surface area contributed by atoms with Crippen LogP contribution >= 0.6 is 0 Å². The fourth-order valence-electron chi connectivity index (χ4n) is 2.78. The highest BCUT2D eigenvalue weighted by molar-refractivity contribution is 5.95. The number of nitrogens with zero attached hydrogens (tertiary/aromatic N) is 2. The maximum absolute atomic E-state index is 12.3. The van der Waals surface area contributed by atoms with Crippen molar-refractivity contribution in [1.82, 2.24) is 5.32 Å². The molecule has 2 aromatic carbocycles. The fourth-order valence-corrected chi connectivity index (χ4v) is 2.78. The summed E-state index contributed by atoms with van der Waals surface area (Å²) >= 11 is 0. The van der Waals surface area contributed by atoms with E-state index in [1.54, 1.807) is 36.4 Å². The van der Waals surface area contributed by atoms with Gasteiger partial charge in [-0.3, -0.25) is 4.79 Å². The van der Waals surface area contributed by atoms with E-state index in [1.165, 1.54) is 0 Å². The van der Waals surface area contributed by atoms with Crippen LogP contribution in [0, 0.1) is 22.7 Å². The van der Waals surface area contributed by atoms with Crippen molar-refractivity contribution >= 4 is 11.6 Å². The van der Waals surface area contributed by atoms with Crippen molar-refractivity contribution < 1.29 is 9.53 Å². The lowest BCUT2D eigenvalue weighted by molar-refractivity contribution is -0.118. The summed E-state index contributed by atoms with van der Waals surface area (Å²) in [5, 5.41) is 23.6. The lowest BCUT2D eigenvalue weighted by atomic mass is 10.1. The molecule has 0 aliphatic carbocycles. The Hall–Kier alpha value is -3.19. The molecule has 0 aromatic heterocycles. The number of nitrogens with one attached hydrogen (secondary N) is 2. The molecular formula is C20H18N4O2. The largest absolute Gasteiger partial charge is 0.372 e. The van der Waals surface area contributed by atoms with E-state index < -0.39 is 0 Å². The summed E-state index contributed by atoms with van der Waals surface area (Å²) in [6.07, 6.45) is 0.556. The highest BCUT2D eigenvalue weighted by atomic mass is 16.5. The van der Waals surface area contributed by atoms with E-state index in [0.29, 0.717) is 36.4 Å². The van der Waals surface area contributed by atoms with Crippen LogP contribution in [0.4, 0.5) is 5.69 Å². The molecule has 130 valence electrons. The van der Waals surface area contributed by atoms with Gasteiger partial charge in [0.05, 0.1) is 42.0 Å². The number of hydrogen-bond donors (Lipinski definition) is 2. The molecule has 1 saturated heterocycles. The fraction of sp³-hybridized carbons (Fsp3) is 0.250. The quantitative estimate of drug-likeness (QED) is 0.866. The maximum atomic E-state index is 12.3. The van der Waals surface area contributed by atoms with E-state index in [-0.39, 0.29) is 18.1 Å². The first-order valence-corrected chi connectivity index (χ1v) is 8.33. The molecule has 6 heteroatoms. The first-order valence-electron chi connectivity index (χ1n) is 8.33. The van der Waals surface area contributed by atoms with Gasteiger partial charge in [0, 0.05) is 12.2 Å². The van der Waals surface area contributed by atoms with Crippen molar-refractivity contribution in [3.63, 3.8) is 0 Å². The molecule has 2 aromatic rings. The third-order valence-electron chi connectivity index (χ3n) is 4.26. The third kappa shape index (κ3) is 4.46. The Morgan fingerprint density at radius 3 is 2.31 bits per heavy atom. The van der Waals surface area contributed by atoms with Crippen LogP contribution in [0.1, 0.15) is 23.1 Å². The molecule has 0 unspecified atom stereocenters. The van der Waals surface area contributed by atoms with E-state index in [4.69, 9.17) is 15.3 Å². The van der Waals surface area contributed by atoms with Gasteiger partial charge in [0.1, 0.15) is 0 Å². The van der Waals surface area contributed by atoms with Crippen LogP contribution in [0.2, 0.25) is 0 Å². The molecular weight excluding hydrogens is 328 g/mol. The molecule has 1 heterocycles. The summed E-state index contributed by atoms with van der Waals surface area (Å²) in [4.78, 5) is 12.3. The molecule has 1 amide bonds. The molecule has 1 aliphatic rings. The van der Waals surface area contributed by atoms with E-state index in [0.717, 1.165) is 5.56 Å².